The lowest BCUT2D eigenvalue weighted by atomic mass is 10.2. The number of benzene rings is 2. The Kier molecular flexibility index (Phi) is 6.16. The zero-order chi connectivity index (χ0) is 20.6. The maximum atomic E-state index is 12.2. The minimum Gasteiger partial charge on any atom is -0.507 e. The molecule has 0 atom stereocenters. The average Bonchev–Trinajstić information content (AvgIpc) is 2.75. The Bertz CT molecular complexity index is 1050. The highest BCUT2D eigenvalue weighted by atomic mass is 16.6. The SMILES string of the molecule is COc1cc(/C=N/NC(=O)c2ccccc2O)ccc1OC(=O)c1cccnc1. The van der Waals surface area contributed by atoms with Gasteiger partial charge in [-0.15, -0.1) is 0 Å². The molecule has 1 heterocycles. The van der Waals surface area contributed by atoms with Crippen molar-refractivity contribution < 1.29 is 24.2 Å². The van der Waals surface area contributed by atoms with E-state index in [4.69, 9.17) is 9.47 Å². The summed E-state index contributed by atoms with van der Waals surface area (Å²) in [5.41, 5.74) is 3.35. The molecule has 1 amide bonds. The van der Waals surface area contributed by atoms with Gasteiger partial charge in [-0.25, -0.2) is 10.2 Å². The first-order chi connectivity index (χ1) is 14.1. The van der Waals surface area contributed by atoms with E-state index < -0.39 is 11.9 Å². The number of aromatic nitrogens is 1. The molecule has 0 spiro atoms. The highest BCUT2D eigenvalue weighted by Crippen LogP contribution is 2.28. The number of carbonyl (C=O) groups excluding carboxylic acids is 2. The molecule has 3 rings (SSSR count). The van der Waals surface area contributed by atoms with Crippen LogP contribution in [0.25, 0.3) is 0 Å². The summed E-state index contributed by atoms with van der Waals surface area (Å²) in [5, 5.41) is 13.5. The molecule has 0 aliphatic heterocycles. The van der Waals surface area contributed by atoms with Gasteiger partial charge in [0.15, 0.2) is 11.5 Å². The zero-order valence-corrected chi connectivity index (χ0v) is 15.4. The molecule has 0 aliphatic rings. The van der Waals surface area contributed by atoms with Gasteiger partial charge in [0.05, 0.1) is 24.5 Å². The Morgan fingerprint density at radius 3 is 2.66 bits per heavy atom. The number of carbonyl (C=O) groups is 2. The second-order valence-electron chi connectivity index (χ2n) is 5.76. The van der Waals surface area contributed by atoms with Crippen molar-refractivity contribution in [2.75, 3.05) is 7.11 Å². The minimum atomic E-state index is -0.562. The Balaban J connectivity index is 1.68. The molecule has 0 fully saturated rings. The molecule has 146 valence electrons. The van der Waals surface area contributed by atoms with E-state index in [1.165, 1.54) is 31.7 Å². The molecular weight excluding hydrogens is 374 g/mol. The van der Waals surface area contributed by atoms with Crippen LogP contribution in [0, 0.1) is 0 Å². The van der Waals surface area contributed by atoms with Crippen LogP contribution in [0.1, 0.15) is 26.3 Å². The van der Waals surface area contributed by atoms with Crippen LogP contribution in [0.4, 0.5) is 0 Å². The third-order valence-corrected chi connectivity index (χ3v) is 3.82. The topological polar surface area (TPSA) is 110 Å². The maximum Gasteiger partial charge on any atom is 0.345 e. The van der Waals surface area contributed by atoms with Crippen molar-refractivity contribution in [2.45, 2.75) is 0 Å². The van der Waals surface area contributed by atoms with E-state index in [1.807, 2.05) is 0 Å². The Labute approximate surface area is 166 Å². The van der Waals surface area contributed by atoms with E-state index in [0.29, 0.717) is 16.9 Å². The van der Waals surface area contributed by atoms with E-state index in [1.54, 1.807) is 48.7 Å². The van der Waals surface area contributed by atoms with Crippen LogP contribution < -0.4 is 14.9 Å². The van der Waals surface area contributed by atoms with E-state index in [-0.39, 0.29) is 17.1 Å². The highest BCUT2D eigenvalue weighted by Gasteiger charge is 2.13. The quantitative estimate of drug-likeness (QED) is 0.289. The van der Waals surface area contributed by atoms with Gasteiger partial charge in [-0.1, -0.05) is 12.1 Å². The molecule has 0 radical (unpaired) electrons. The van der Waals surface area contributed by atoms with Gasteiger partial charge in [-0.3, -0.25) is 9.78 Å². The molecule has 8 nitrogen and oxygen atoms in total. The molecule has 2 N–H and O–H groups in total. The number of phenolic OH excluding ortho intramolecular Hbond substituents is 1. The number of nitrogens with one attached hydrogen (secondary N) is 1. The number of methoxy groups -OCH3 is 1. The number of hydrogen-bond donors (Lipinski definition) is 2. The molecule has 0 bridgehead atoms. The average molecular weight is 391 g/mol. The number of hydrazone groups is 1. The third kappa shape index (κ3) is 4.95. The lowest BCUT2D eigenvalue weighted by molar-refractivity contribution is 0.0729. The normalized spacial score (nSPS) is 10.5. The van der Waals surface area contributed by atoms with Crippen molar-refractivity contribution in [3.8, 4) is 17.2 Å². The van der Waals surface area contributed by atoms with E-state index in [9.17, 15) is 14.7 Å². The number of pyridine rings is 1. The fourth-order valence-corrected chi connectivity index (χ4v) is 2.38. The van der Waals surface area contributed by atoms with Crippen LogP contribution in [0.5, 0.6) is 17.2 Å². The molecule has 2 aromatic carbocycles. The van der Waals surface area contributed by atoms with Crippen molar-refractivity contribution in [3.63, 3.8) is 0 Å². The summed E-state index contributed by atoms with van der Waals surface area (Å²) in [6.45, 7) is 0. The largest absolute Gasteiger partial charge is 0.507 e. The summed E-state index contributed by atoms with van der Waals surface area (Å²) in [6, 6.07) is 14.2. The molecule has 8 heteroatoms. The number of ether oxygens (including phenoxy) is 2. The van der Waals surface area contributed by atoms with Crippen molar-refractivity contribution >= 4 is 18.1 Å². The first-order valence-electron chi connectivity index (χ1n) is 8.50. The van der Waals surface area contributed by atoms with Crippen LogP contribution in [0.15, 0.2) is 72.1 Å². The summed E-state index contributed by atoms with van der Waals surface area (Å²) in [6.07, 6.45) is 4.36. The van der Waals surface area contributed by atoms with Crippen molar-refractivity contribution in [1.82, 2.24) is 10.4 Å². The number of rotatable bonds is 6. The van der Waals surface area contributed by atoms with Crippen molar-refractivity contribution in [2.24, 2.45) is 5.10 Å². The Morgan fingerprint density at radius 1 is 1.10 bits per heavy atom. The van der Waals surface area contributed by atoms with Crippen LogP contribution in [-0.4, -0.2) is 35.3 Å². The number of para-hydroxylation sites is 1. The lowest BCUT2D eigenvalue weighted by Crippen LogP contribution is -2.17. The standard InChI is InChI=1S/C21H17N3O5/c1-28-19-11-14(12-23-24-20(26)16-6-2-3-7-17(16)25)8-9-18(19)29-21(27)15-5-4-10-22-13-15/h2-13,25H,1H3,(H,24,26)/b23-12+. The van der Waals surface area contributed by atoms with Gasteiger partial charge in [-0.2, -0.15) is 5.10 Å². The Morgan fingerprint density at radius 2 is 1.93 bits per heavy atom. The summed E-state index contributed by atoms with van der Waals surface area (Å²) < 4.78 is 10.6. The smallest absolute Gasteiger partial charge is 0.345 e. The van der Waals surface area contributed by atoms with Gasteiger partial charge < -0.3 is 14.6 Å². The molecule has 3 aromatic rings. The third-order valence-electron chi connectivity index (χ3n) is 3.82. The zero-order valence-electron chi connectivity index (χ0n) is 15.4. The van der Waals surface area contributed by atoms with Crippen LogP contribution >= 0.6 is 0 Å². The molecule has 0 saturated heterocycles. The molecular formula is C21H17N3O5. The fraction of sp³-hybridized carbons (Fsp3) is 0.0476. The van der Waals surface area contributed by atoms with Gasteiger partial charge in [0.1, 0.15) is 5.75 Å². The van der Waals surface area contributed by atoms with E-state index in [0.717, 1.165) is 0 Å². The Hall–Kier alpha value is -4.20. The summed E-state index contributed by atoms with van der Waals surface area (Å²) in [5.74, 6) is -0.697. The first kappa shape index (κ1) is 19.6. The molecule has 0 aliphatic carbocycles. The summed E-state index contributed by atoms with van der Waals surface area (Å²) in [7, 11) is 1.44. The van der Waals surface area contributed by atoms with E-state index >= 15 is 0 Å². The van der Waals surface area contributed by atoms with Crippen LogP contribution in [0.3, 0.4) is 0 Å². The number of hydrogen-bond acceptors (Lipinski definition) is 7. The molecule has 0 saturated carbocycles. The van der Waals surface area contributed by atoms with E-state index in [2.05, 4.69) is 15.5 Å². The van der Waals surface area contributed by atoms with Gasteiger partial charge in [0.2, 0.25) is 0 Å². The van der Waals surface area contributed by atoms with Crippen LogP contribution in [0.2, 0.25) is 0 Å². The van der Waals surface area contributed by atoms with Gasteiger partial charge in [0.25, 0.3) is 5.91 Å². The van der Waals surface area contributed by atoms with Gasteiger partial charge in [0, 0.05) is 12.4 Å². The van der Waals surface area contributed by atoms with Crippen molar-refractivity contribution in [1.29, 1.82) is 0 Å². The predicted molar refractivity (Wildman–Crippen MR) is 105 cm³/mol. The summed E-state index contributed by atoms with van der Waals surface area (Å²) >= 11 is 0. The van der Waals surface area contributed by atoms with Crippen molar-refractivity contribution in [3.05, 3.63) is 83.7 Å². The van der Waals surface area contributed by atoms with Gasteiger partial charge >= 0.3 is 5.97 Å². The number of nitrogens with zero attached hydrogens (tertiary/aromatic N) is 2. The number of amides is 1. The minimum absolute atomic E-state index is 0.111. The molecule has 29 heavy (non-hydrogen) atoms. The second kappa shape index (κ2) is 9.14. The predicted octanol–water partition coefficient (Wildman–Crippen LogP) is 2.78. The first-order valence-corrected chi connectivity index (χ1v) is 8.50. The number of esters is 1. The maximum absolute atomic E-state index is 12.2. The highest BCUT2D eigenvalue weighted by molar-refractivity contribution is 5.97. The fourth-order valence-electron chi connectivity index (χ4n) is 2.38. The molecule has 0 unspecified atom stereocenters. The number of aromatic hydroxyl groups is 1. The van der Waals surface area contributed by atoms with Gasteiger partial charge in [-0.05, 0) is 48.0 Å². The monoisotopic (exact) mass is 391 g/mol. The molecule has 1 aromatic heterocycles. The second-order valence-corrected chi connectivity index (χ2v) is 5.76. The lowest BCUT2D eigenvalue weighted by Gasteiger charge is -2.09. The number of phenols is 1. The summed E-state index contributed by atoms with van der Waals surface area (Å²) in [4.78, 5) is 28.1. The van der Waals surface area contributed by atoms with Crippen LogP contribution in [-0.2, 0) is 0 Å².